The van der Waals surface area contributed by atoms with E-state index in [-0.39, 0.29) is 0 Å². The van der Waals surface area contributed by atoms with Crippen LogP contribution in [0.15, 0.2) is 97.2 Å². The van der Waals surface area contributed by atoms with Gasteiger partial charge in [-0.05, 0) is 48.2 Å². The second kappa shape index (κ2) is 9.93. The number of nitriles is 1. The summed E-state index contributed by atoms with van der Waals surface area (Å²) in [6.07, 6.45) is 3.34. The highest BCUT2D eigenvalue weighted by atomic mass is 15.0. The Kier molecular flexibility index (Phi) is 6.22. The zero-order chi connectivity index (χ0) is 23.2. The van der Waals surface area contributed by atoms with E-state index in [1.54, 1.807) is 6.20 Å². The quantitative estimate of drug-likeness (QED) is 0.301. The van der Waals surface area contributed by atoms with Crippen molar-refractivity contribution in [1.82, 2.24) is 15.0 Å². The zero-order valence-electron chi connectivity index (χ0n) is 18.6. The summed E-state index contributed by atoms with van der Waals surface area (Å²) >= 11 is 0. The molecule has 5 rings (SSSR count). The van der Waals surface area contributed by atoms with Gasteiger partial charge in [0.15, 0.2) is 5.82 Å². The maximum atomic E-state index is 8.93. The first kappa shape index (κ1) is 21.3. The number of pyridine rings is 1. The first-order chi connectivity index (χ1) is 16.8. The Balaban J connectivity index is 1.42. The van der Waals surface area contributed by atoms with Crippen LogP contribution in [-0.4, -0.2) is 21.5 Å². The lowest BCUT2D eigenvalue weighted by molar-refractivity contribution is 0.833. The minimum absolute atomic E-state index is 0.581. The maximum Gasteiger partial charge on any atom is 0.162 e. The van der Waals surface area contributed by atoms with Crippen molar-refractivity contribution in [3.05, 3.63) is 108 Å². The van der Waals surface area contributed by atoms with Crippen molar-refractivity contribution < 1.29 is 0 Å². The highest BCUT2D eigenvalue weighted by Gasteiger charge is 2.13. The molecule has 0 amide bonds. The van der Waals surface area contributed by atoms with Crippen LogP contribution in [0.3, 0.4) is 0 Å². The van der Waals surface area contributed by atoms with Crippen molar-refractivity contribution in [1.29, 1.82) is 5.26 Å². The van der Waals surface area contributed by atoms with Gasteiger partial charge >= 0.3 is 0 Å². The van der Waals surface area contributed by atoms with Gasteiger partial charge in [-0.3, -0.25) is 4.98 Å². The van der Waals surface area contributed by atoms with Gasteiger partial charge in [0.1, 0.15) is 11.9 Å². The van der Waals surface area contributed by atoms with Crippen LogP contribution in [0.25, 0.3) is 33.4 Å². The lowest BCUT2D eigenvalue weighted by atomic mass is 9.99. The van der Waals surface area contributed by atoms with Gasteiger partial charge in [-0.1, -0.05) is 66.7 Å². The topological polar surface area (TPSA) is 74.5 Å². The average molecular weight is 442 g/mol. The summed E-state index contributed by atoms with van der Waals surface area (Å²) in [5.74, 6) is 1.53. The molecule has 0 saturated heterocycles. The molecule has 3 aromatic carbocycles. The highest BCUT2D eigenvalue weighted by Crippen LogP contribution is 2.32. The minimum Gasteiger partial charge on any atom is -0.369 e. The van der Waals surface area contributed by atoms with Crippen LogP contribution in [0.1, 0.15) is 17.7 Å². The van der Waals surface area contributed by atoms with Crippen LogP contribution in [0.4, 0.5) is 5.82 Å². The van der Waals surface area contributed by atoms with Crippen molar-refractivity contribution in [2.45, 2.75) is 12.8 Å². The van der Waals surface area contributed by atoms with E-state index in [1.165, 1.54) is 0 Å². The second-order valence-electron chi connectivity index (χ2n) is 8.00. The lowest BCUT2D eigenvalue weighted by Gasteiger charge is -2.13. The Labute approximate surface area is 198 Å². The zero-order valence-corrected chi connectivity index (χ0v) is 18.6. The van der Waals surface area contributed by atoms with Crippen LogP contribution in [0, 0.1) is 11.3 Å². The number of hydrogen-bond acceptors (Lipinski definition) is 5. The molecule has 0 aliphatic rings. The molecule has 0 atom stereocenters. The second-order valence-corrected chi connectivity index (χ2v) is 8.00. The first-order valence-electron chi connectivity index (χ1n) is 11.3. The fourth-order valence-electron chi connectivity index (χ4n) is 3.99. The minimum atomic E-state index is 0.581. The SMILES string of the molecule is N#Cc1ccc(CCCNc2nc(-c3ccccc3-c3ccccc3)nc3ccccc23)nc1. The number of nitrogens with one attached hydrogen (secondary N) is 1. The molecule has 0 saturated carbocycles. The summed E-state index contributed by atoms with van der Waals surface area (Å²) < 4.78 is 0. The molecule has 5 aromatic rings. The Morgan fingerprint density at radius 3 is 2.32 bits per heavy atom. The van der Waals surface area contributed by atoms with E-state index < -0.39 is 0 Å². The monoisotopic (exact) mass is 441 g/mol. The van der Waals surface area contributed by atoms with Gasteiger partial charge in [-0.15, -0.1) is 0 Å². The van der Waals surface area contributed by atoms with Crippen LogP contribution in [0.2, 0.25) is 0 Å². The van der Waals surface area contributed by atoms with Gasteiger partial charge in [0.25, 0.3) is 0 Å². The fraction of sp³-hybridized carbons (Fsp3) is 0.103. The molecule has 0 aliphatic carbocycles. The van der Waals surface area contributed by atoms with Crippen molar-refractivity contribution >= 4 is 16.7 Å². The number of anilines is 1. The van der Waals surface area contributed by atoms with Gasteiger partial charge in [0, 0.05) is 29.4 Å². The van der Waals surface area contributed by atoms with Crippen molar-refractivity contribution in [2.75, 3.05) is 11.9 Å². The van der Waals surface area contributed by atoms with E-state index >= 15 is 0 Å². The predicted octanol–water partition coefficient (Wildman–Crippen LogP) is 6.28. The number of rotatable bonds is 7. The number of para-hydroxylation sites is 1. The smallest absolute Gasteiger partial charge is 0.162 e. The molecule has 164 valence electrons. The van der Waals surface area contributed by atoms with E-state index in [0.717, 1.165) is 58.5 Å². The Hall–Kier alpha value is -4.56. The summed E-state index contributed by atoms with van der Waals surface area (Å²) in [5, 5.41) is 13.4. The molecule has 0 aliphatic heterocycles. The van der Waals surface area contributed by atoms with Crippen LogP contribution in [-0.2, 0) is 6.42 Å². The van der Waals surface area contributed by atoms with E-state index in [0.29, 0.717) is 11.4 Å². The average Bonchev–Trinajstić information content (AvgIpc) is 2.91. The fourth-order valence-corrected chi connectivity index (χ4v) is 3.99. The predicted molar refractivity (Wildman–Crippen MR) is 136 cm³/mol. The molecule has 2 heterocycles. The summed E-state index contributed by atoms with van der Waals surface area (Å²) in [7, 11) is 0. The van der Waals surface area contributed by atoms with Crippen LogP contribution in [0.5, 0.6) is 0 Å². The number of nitrogens with zero attached hydrogens (tertiary/aromatic N) is 4. The molecule has 2 aromatic heterocycles. The largest absolute Gasteiger partial charge is 0.369 e. The Morgan fingerprint density at radius 2 is 1.53 bits per heavy atom. The number of benzene rings is 3. The third-order valence-corrected chi connectivity index (χ3v) is 5.71. The molecule has 1 N–H and O–H groups in total. The number of fused-ring (bicyclic) bond motifs is 1. The van der Waals surface area contributed by atoms with Gasteiger partial charge in [-0.25, -0.2) is 9.97 Å². The van der Waals surface area contributed by atoms with Crippen molar-refractivity contribution in [3.63, 3.8) is 0 Å². The molecule has 0 unspecified atom stereocenters. The third kappa shape index (κ3) is 4.62. The van der Waals surface area contributed by atoms with Crippen LogP contribution < -0.4 is 5.32 Å². The number of hydrogen-bond donors (Lipinski definition) is 1. The van der Waals surface area contributed by atoms with Crippen molar-refractivity contribution in [2.24, 2.45) is 0 Å². The summed E-state index contributed by atoms with van der Waals surface area (Å²) in [4.78, 5) is 14.2. The Bertz CT molecular complexity index is 1450. The molecule has 0 radical (unpaired) electrons. The molecular formula is C29H23N5. The molecule has 0 bridgehead atoms. The summed E-state index contributed by atoms with van der Waals surface area (Å²) in [6, 6.07) is 32.5. The van der Waals surface area contributed by atoms with Crippen molar-refractivity contribution in [3.8, 4) is 28.6 Å². The molecular weight excluding hydrogens is 418 g/mol. The molecule has 0 fully saturated rings. The maximum absolute atomic E-state index is 8.93. The summed E-state index contributed by atoms with van der Waals surface area (Å²) in [6.45, 7) is 0.752. The van der Waals surface area contributed by atoms with Gasteiger partial charge in [-0.2, -0.15) is 5.26 Å². The third-order valence-electron chi connectivity index (χ3n) is 5.71. The highest BCUT2D eigenvalue weighted by molar-refractivity contribution is 5.92. The lowest BCUT2D eigenvalue weighted by Crippen LogP contribution is -2.07. The number of aromatic nitrogens is 3. The standard InChI is InChI=1S/C29H23N5/c30-19-21-16-17-23(32-20-21)11-8-18-31-28-26-14-6-7-15-27(26)33-29(34-28)25-13-5-4-12-24(25)22-9-2-1-3-10-22/h1-7,9-10,12-17,20H,8,11,18H2,(H,31,33,34). The Morgan fingerprint density at radius 1 is 0.765 bits per heavy atom. The molecule has 34 heavy (non-hydrogen) atoms. The van der Waals surface area contributed by atoms with E-state index in [2.05, 4.69) is 40.6 Å². The van der Waals surface area contributed by atoms with Gasteiger partial charge < -0.3 is 5.32 Å². The first-order valence-corrected chi connectivity index (χ1v) is 11.3. The molecule has 0 spiro atoms. The van der Waals surface area contributed by atoms with E-state index in [4.69, 9.17) is 15.2 Å². The number of aryl methyl sites for hydroxylation is 1. The summed E-state index contributed by atoms with van der Waals surface area (Å²) in [5.41, 5.74) is 5.72. The van der Waals surface area contributed by atoms with Gasteiger partial charge in [0.2, 0.25) is 0 Å². The van der Waals surface area contributed by atoms with Crippen LogP contribution >= 0.6 is 0 Å². The molecule has 5 nitrogen and oxygen atoms in total. The normalized spacial score (nSPS) is 10.7. The van der Waals surface area contributed by atoms with Gasteiger partial charge in [0.05, 0.1) is 11.1 Å². The van der Waals surface area contributed by atoms with E-state index in [9.17, 15) is 0 Å². The molecule has 5 heteroatoms. The van der Waals surface area contributed by atoms with E-state index in [1.807, 2.05) is 66.7 Å².